The molecule has 0 saturated carbocycles. The number of amides is 3. The molecule has 0 heterocycles. The van der Waals surface area contributed by atoms with Gasteiger partial charge >= 0.3 is 18.0 Å². The fraction of sp³-hybridized carbons (Fsp3) is 0.320. The fourth-order valence-corrected chi connectivity index (χ4v) is 4.14. The molecule has 36 heavy (non-hydrogen) atoms. The lowest BCUT2D eigenvalue weighted by Gasteiger charge is -2.21. The maximum absolute atomic E-state index is 12.7. The van der Waals surface area contributed by atoms with Gasteiger partial charge in [0.15, 0.2) is 0 Å². The van der Waals surface area contributed by atoms with Crippen LogP contribution >= 0.6 is 0 Å². The van der Waals surface area contributed by atoms with Crippen LogP contribution in [0.15, 0.2) is 48.5 Å². The van der Waals surface area contributed by atoms with Crippen LogP contribution in [0.2, 0.25) is 0 Å². The van der Waals surface area contributed by atoms with Crippen LogP contribution in [-0.4, -0.2) is 58.7 Å². The van der Waals surface area contributed by atoms with Gasteiger partial charge in [0.2, 0.25) is 11.8 Å². The molecule has 3 amide bonds. The molecule has 0 spiro atoms. The summed E-state index contributed by atoms with van der Waals surface area (Å²) in [4.78, 5) is 58.7. The normalized spacial score (nSPS) is 13.6. The molecular formula is C25H27N3O8. The number of benzene rings is 2. The van der Waals surface area contributed by atoms with E-state index in [4.69, 9.17) is 15.6 Å². The molecule has 0 bridgehead atoms. The summed E-state index contributed by atoms with van der Waals surface area (Å²) in [6.07, 6.45) is -2.23. The SMILES string of the molecule is NC(=O)CC[C@H](NC(=O)OCC1c2ccccc2-c2ccccc21)C(=O)N[C@@H](CCC(=O)O)C(=O)O. The summed E-state index contributed by atoms with van der Waals surface area (Å²) in [6, 6.07) is 12.7. The van der Waals surface area contributed by atoms with Gasteiger partial charge in [-0.3, -0.25) is 14.4 Å². The van der Waals surface area contributed by atoms with E-state index in [1.165, 1.54) is 0 Å². The molecule has 6 N–H and O–H groups in total. The topological polar surface area (TPSA) is 185 Å². The average molecular weight is 498 g/mol. The number of nitrogens with one attached hydrogen (secondary N) is 2. The van der Waals surface area contributed by atoms with Gasteiger partial charge in [0.05, 0.1) is 0 Å². The maximum atomic E-state index is 12.7. The van der Waals surface area contributed by atoms with Crippen molar-refractivity contribution in [1.29, 1.82) is 0 Å². The first-order valence-corrected chi connectivity index (χ1v) is 11.3. The zero-order chi connectivity index (χ0) is 26.2. The van der Waals surface area contributed by atoms with Crippen molar-refractivity contribution in [2.24, 2.45) is 5.73 Å². The fourth-order valence-electron chi connectivity index (χ4n) is 4.14. The monoisotopic (exact) mass is 497 g/mol. The number of hydrogen-bond acceptors (Lipinski definition) is 6. The summed E-state index contributed by atoms with van der Waals surface area (Å²) in [5, 5.41) is 22.6. The molecule has 11 nitrogen and oxygen atoms in total. The van der Waals surface area contributed by atoms with Crippen LogP contribution in [-0.2, 0) is 23.9 Å². The van der Waals surface area contributed by atoms with Crippen LogP contribution in [0, 0.1) is 0 Å². The van der Waals surface area contributed by atoms with Gasteiger partial charge in [-0.05, 0) is 35.1 Å². The second kappa shape index (κ2) is 11.8. The van der Waals surface area contributed by atoms with Crippen molar-refractivity contribution in [3.63, 3.8) is 0 Å². The molecule has 11 heteroatoms. The molecule has 2 atom stereocenters. The molecule has 0 aliphatic heterocycles. The van der Waals surface area contributed by atoms with Crippen molar-refractivity contribution in [1.82, 2.24) is 10.6 Å². The van der Waals surface area contributed by atoms with E-state index in [0.717, 1.165) is 22.3 Å². The van der Waals surface area contributed by atoms with E-state index >= 15 is 0 Å². The summed E-state index contributed by atoms with van der Waals surface area (Å²) >= 11 is 0. The zero-order valence-corrected chi connectivity index (χ0v) is 19.3. The van der Waals surface area contributed by atoms with E-state index in [2.05, 4.69) is 10.6 Å². The Balaban J connectivity index is 1.66. The minimum atomic E-state index is -1.49. The van der Waals surface area contributed by atoms with Gasteiger partial charge in [0.25, 0.3) is 0 Å². The summed E-state index contributed by atoms with van der Waals surface area (Å²) < 4.78 is 5.42. The number of rotatable bonds is 12. The highest BCUT2D eigenvalue weighted by Gasteiger charge is 2.31. The molecule has 0 radical (unpaired) electrons. The standard InChI is InChI=1S/C25H27N3O8/c26-21(29)11-9-19(23(32)27-20(24(33)34)10-12-22(30)31)28-25(35)36-13-18-16-7-3-1-5-14(16)15-6-2-4-8-17(15)18/h1-8,18-20H,9-13H2,(H2,26,29)(H,27,32)(H,28,35)(H,30,31)(H,33,34)/t19-,20-/m0/s1. The molecular weight excluding hydrogens is 470 g/mol. The second-order valence-electron chi connectivity index (χ2n) is 8.36. The van der Waals surface area contributed by atoms with Crippen LogP contribution in [0.3, 0.4) is 0 Å². The number of carboxylic acid groups (broad SMARTS) is 2. The van der Waals surface area contributed by atoms with Crippen molar-refractivity contribution in [2.75, 3.05) is 6.61 Å². The third-order valence-electron chi connectivity index (χ3n) is 5.89. The third-order valence-corrected chi connectivity index (χ3v) is 5.89. The van der Waals surface area contributed by atoms with Crippen molar-refractivity contribution >= 4 is 29.8 Å². The zero-order valence-electron chi connectivity index (χ0n) is 19.3. The number of carbonyl (C=O) groups excluding carboxylic acids is 3. The quantitative estimate of drug-likeness (QED) is 0.292. The number of fused-ring (bicyclic) bond motifs is 3. The molecule has 0 unspecified atom stereocenters. The Morgan fingerprint density at radius 3 is 1.92 bits per heavy atom. The minimum Gasteiger partial charge on any atom is -0.481 e. The first-order chi connectivity index (χ1) is 17.2. The lowest BCUT2D eigenvalue weighted by molar-refractivity contribution is -0.143. The Bertz CT molecular complexity index is 1120. The smallest absolute Gasteiger partial charge is 0.407 e. The molecule has 2 aromatic carbocycles. The Hall–Kier alpha value is -4.41. The van der Waals surface area contributed by atoms with Crippen molar-refractivity contribution in [2.45, 2.75) is 43.7 Å². The molecule has 2 aromatic rings. The molecule has 0 aromatic heterocycles. The van der Waals surface area contributed by atoms with Crippen molar-refractivity contribution < 1.29 is 38.9 Å². The Kier molecular flexibility index (Phi) is 8.61. The van der Waals surface area contributed by atoms with E-state index in [1.54, 1.807) is 0 Å². The number of ether oxygens (including phenoxy) is 1. The van der Waals surface area contributed by atoms with Gasteiger partial charge in [-0.15, -0.1) is 0 Å². The first kappa shape index (κ1) is 26.2. The molecule has 190 valence electrons. The van der Waals surface area contributed by atoms with Crippen molar-refractivity contribution in [3.8, 4) is 11.1 Å². The maximum Gasteiger partial charge on any atom is 0.407 e. The molecule has 0 fully saturated rings. The van der Waals surface area contributed by atoms with E-state index in [1.807, 2.05) is 48.5 Å². The van der Waals surface area contributed by atoms with Crippen LogP contribution in [0.4, 0.5) is 4.79 Å². The highest BCUT2D eigenvalue weighted by Crippen LogP contribution is 2.44. The highest BCUT2D eigenvalue weighted by molar-refractivity contribution is 5.90. The van der Waals surface area contributed by atoms with E-state index < -0.39 is 48.4 Å². The van der Waals surface area contributed by atoms with E-state index in [9.17, 15) is 29.1 Å². The van der Waals surface area contributed by atoms with E-state index in [0.29, 0.717) is 0 Å². The van der Waals surface area contributed by atoms with Crippen LogP contribution in [0.5, 0.6) is 0 Å². The van der Waals surface area contributed by atoms with Crippen LogP contribution < -0.4 is 16.4 Å². The average Bonchev–Trinajstić information content (AvgIpc) is 3.16. The Morgan fingerprint density at radius 2 is 1.39 bits per heavy atom. The van der Waals surface area contributed by atoms with Gasteiger partial charge in [-0.1, -0.05) is 48.5 Å². The Morgan fingerprint density at radius 1 is 0.833 bits per heavy atom. The number of alkyl carbamates (subject to hydrolysis) is 1. The van der Waals surface area contributed by atoms with E-state index in [-0.39, 0.29) is 31.8 Å². The summed E-state index contributed by atoms with van der Waals surface area (Å²) in [5.41, 5.74) is 9.24. The van der Waals surface area contributed by atoms with Gasteiger partial charge < -0.3 is 31.3 Å². The van der Waals surface area contributed by atoms with Crippen molar-refractivity contribution in [3.05, 3.63) is 59.7 Å². The van der Waals surface area contributed by atoms with Gasteiger partial charge in [0.1, 0.15) is 18.7 Å². The predicted molar refractivity (Wildman–Crippen MR) is 127 cm³/mol. The van der Waals surface area contributed by atoms with Gasteiger partial charge in [0, 0.05) is 18.8 Å². The molecule has 1 aliphatic carbocycles. The lowest BCUT2D eigenvalue weighted by Crippen LogP contribution is -2.52. The molecule has 3 rings (SSSR count). The number of aliphatic carboxylic acids is 2. The van der Waals surface area contributed by atoms with Gasteiger partial charge in [-0.25, -0.2) is 9.59 Å². The van der Waals surface area contributed by atoms with Crippen LogP contribution in [0.1, 0.15) is 42.7 Å². The van der Waals surface area contributed by atoms with Gasteiger partial charge in [-0.2, -0.15) is 0 Å². The summed E-state index contributed by atoms with van der Waals surface area (Å²) in [6.45, 7) is -0.0135. The predicted octanol–water partition coefficient (Wildman–Crippen LogP) is 1.59. The second-order valence-corrected chi connectivity index (χ2v) is 8.36. The molecule has 0 saturated heterocycles. The largest absolute Gasteiger partial charge is 0.481 e. The van der Waals surface area contributed by atoms with Crippen LogP contribution in [0.25, 0.3) is 11.1 Å². The number of nitrogens with two attached hydrogens (primary N) is 1. The summed E-state index contributed by atoms with van der Waals surface area (Å²) in [5.74, 6) is -4.49. The first-order valence-electron chi connectivity index (χ1n) is 11.3. The minimum absolute atomic E-state index is 0.0135. The number of primary amides is 1. The number of carboxylic acids is 2. The summed E-state index contributed by atoms with van der Waals surface area (Å²) in [7, 11) is 0. The number of carbonyl (C=O) groups is 5. The Labute approximate surface area is 206 Å². The third kappa shape index (κ3) is 6.59. The molecule has 1 aliphatic rings. The lowest BCUT2D eigenvalue weighted by atomic mass is 9.98. The number of hydrogen-bond donors (Lipinski definition) is 5. The highest BCUT2D eigenvalue weighted by atomic mass is 16.5.